The monoisotopic (exact) mass is 435 g/mol. The van der Waals surface area contributed by atoms with Crippen molar-refractivity contribution in [1.29, 1.82) is 5.26 Å². The van der Waals surface area contributed by atoms with E-state index in [1.165, 1.54) is 18.2 Å². The van der Waals surface area contributed by atoms with Gasteiger partial charge in [0.1, 0.15) is 5.75 Å². The summed E-state index contributed by atoms with van der Waals surface area (Å²) >= 11 is 12.7. The number of aliphatic carboxylic acids is 1. The van der Waals surface area contributed by atoms with Crippen LogP contribution in [0.3, 0.4) is 0 Å². The van der Waals surface area contributed by atoms with Gasteiger partial charge in [0.25, 0.3) is 0 Å². The first kappa shape index (κ1) is 21.4. The molecule has 0 spiro atoms. The standard InChI is InChI=1S/C22H20Cl2FNO3/c1-20(10-11-26)21(2,19(27)28)22(20,18(24)13-23)14-8-9-16(25)17(12-14)29-15-6-4-3-5-7-15/h3-9,12,18H,10,13H2,1-2H3,(H,27,28). The Morgan fingerprint density at radius 1 is 1.28 bits per heavy atom. The quantitative estimate of drug-likeness (QED) is 0.563. The second-order valence-electron chi connectivity index (χ2n) is 7.59. The van der Waals surface area contributed by atoms with Gasteiger partial charge in [0.2, 0.25) is 0 Å². The first-order valence-electron chi connectivity index (χ1n) is 9.04. The summed E-state index contributed by atoms with van der Waals surface area (Å²) in [5.74, 6) is -1.32. The minimum atomic E-state index is -1.36. The highest BCUT2D eigenvalue weighted by molar-refractivity contribution is 6.29. The largest absolute Gasteiger partial charge is 0.481 e. The van der Waals surface area contributed by atoms with Crippen LogP contribution in [0.25, 0.3) is 0 Å². The predicted octanol–water partition coefficient (Wildman–Crippen LogP) is 5.73. The van der Waals surface area contributed by atoms with Crippen LogP contribution in [0.15, 0.2) is 48.5 Å². The molecule has 1 aliphatic rings. The summed E-state index contributed by atoms with van der Waals surface area (Å²) < 4.78 is 20.2. The van der Waals surface area contributed by atoms with Crippen LogP contribution in [0.2, 0.25) is 0 Å². The van der Waals surface area contributed by atoms with Gasteiger partial charge >= 0.3 is 5.97 Å². The molecular formula is C22H20Cl2FNO3. The van der Waals surface area contributed by atoms with Gasteiger partial charge in [-0.15, -0.1) is 23.2 Å². The Hall–Kier alpha value is -2.29. The Labute approximate surface area is 178 Å². The average Bonchev–Trinajstić information content (AvgIpc) is 3.16. The lowest BCUT2D eigenvalue weighted by Gasteiger charge is -2.27. The number of benzene rings is 2. The number of carboxylic acid groups (broad SMARTS) is 1. The Morgan fingerprint density at radius 2 is 1.93 bits per heavy atom. The molecule has 0 amide bonds. The Kier molecular flexibility index (Phi) is 5.55. The molecule has 4 nitrogen and oxygen atoms in total. The van der Waals surface area contributed by atoms with Gasteiger partial charge in [0.05, 0.1) is 16.9 Å². The lowest BCUT2D eigenvalue weighted by Crippen LogP contribution is -2.33. The highest BCUT2D eigenvalue weighted by Gasteiger charge is 2.88. The molecule has 1 fully saturated rings. The number of rotatable bonds is 7. The third-order valence-corrected chi connectivity index (χ3v) is 7.47. The number of carbonyl (C=O) groups is 1. The number of hydrogen-bond acceptors (Lipinski definition) is 3. The molecule has 0 aliphatic heterocycles. The van der Waals surface area contributed by atoms with Crippen LogP contribution >= 0.6 is 23.2 Å². The smallest absolute Gasteiger partial charge is 0.310 e. The Bertz CT molecular complexity index is 980. The fourth-order valence-corrected chi connectivity index (χ4v) is 5.72. The highest BCUT2D eigenvalue weighted by Crippen LogP contribution is 2.82. The van der Waals surface area contributed by atoms with Crippen molar-refractivity contribution in [3.63, 3.8) is 0 Å². The molecule has 0 saturated heterocycles. The molecule has 0 radical (unpaired) electrons. The summed E-state index contributed by atoms with van der Waals surface area (Å²) in [5.41, 5.74) is -3.05. The van der Waals surface area contributed by atoms with Gasteiger partial charge in [-0.1, -0.05) is 31.2 Å². The molecule has 4 unspecified atom stereocenters. The number of nitriles is 1. The first-order valence-corrected chi connectivity index (χ1v) is 10.0. The van der Waals surface area contributed by atoms with E-state index < -0.39 is 33.4 Å². The van der Waals surface area contributed by atoms with Crippen molar-refractivity contribution in [3.8, 4) is 17.6 Å². The number of halogens is 3. The summed E-state index contributed by atoms with van der Waals surface area (Å²) in [6.07, 6.45) is -0.0395. The zero-order chi connectivity index (χ0) is 21.4. The topological polar surface area (TPSA) is 70.3 Å². The van der Waals surface area contributed by atoms with Crippen molar-refractivity contribution in [2.45, 2.75) is 31.1 Å². The average molecular weight is 436 g/mol. The molecule has 2 aromatic carbocycles. The zero-order valence-electron chi connectivity index (χ0n) is 16.0. The summed E-state index contributed by atoms with van der Waals surface area (Å²) in [6, 6.07) is 15.0. The van der Waals surface area contributed by atoms with Crippen LogP contribution in [0, 0.1) is 28.0 Å². The van der Waals surface area contributed by atoms with Gasteiger partial charge in [0.15, 0.2) is 11.6 Å². The molecule has 7 heteroatoms. The molecule has 4 atom stereocenters. The maximum absolute atomic E-state index is 14.5. The van der Waals surface area contributed by atoms with E-state index in [9.17, 15) is 19.6 Å². The minimum absolute atomic E-state index is 0.0301. The van der Waals surface area contributed by atoms with E-state index >= 15 is 0 Å². The highest BCUT2D eigenvalue weighted by atomic mass is 35.5. The van der Waals surface area contributed by atoms with Crippen molar-refractivity contribution in [2.75, 3.05) is 5.88 Å². The molecule has 29 heavy (non-hydrogen) atoms. The van der Waals surface area contributed by atoms with Gasteiger partial charge < -0.3 is 9.84 Å². The van der Waals surface area contributed by atoms with Gasteiger partial charge in [0, 0.05) is 23.1 Å². The van der Waals surface area contributed by atoms with Gasteiger partial charge in [-0.2, -0.15) is 5.26 Å². The van der Waals surface area contributed by atoms with Crippen LogP contribution < -0.4 is 4.74 Å². The summed E-state index contributed by atoms with van der Waals surface area (Å²) in [4.78, 5) is 12.3. The van der Waals surface area contributed by atoms with Crippen LogP contribution in [0.5, 0.6) is 11.5 Å². The van der Waals surface area contributed by atoms with Crippen molar-refractivity contribution in [1.82, 2.24) is 0 Å². The van der Waals surface area contributed by atoms with Gasteiger partial charge in [-0.3, -0.25) is 4.79 Å². The molecule has 0 aromatic heterocycles. The lowest BCUT2D eigenvalue weighted by atomic mass is 9.81. The molecule has 1 N–H and O–H groups in total. The van der Waals surface area contributed by atoms with E-state index in [1.54, 1.807) is 38.1 Å². The maximum Gasteiger partial charge on any atom is 0.310 e. The summed E-state index contributed by atoms with van der Waals surface area (Å²) in [6.45, 7) is 3.28. The molecular weight excluding hydrogens is 416 g/mol. The number of hydrogen-bond donors (Lipinski definition) is 1. The molecule has 2 aromatic rings. The molecule has 0 bridgehead atoms. The van der Waals surface area contributed by atoms with E-state index in [-0.39, 0.29) is 18.1 Å². The fourth-order valence-electron chi connectivity index (χ4n) is 4.90. The second-order valence-corrected chi connectivity index (χ2v) is 8.42. The first-order chi connectivity index (χ1) is 13.7. The minimum Gasteiger partial charge on any atom is -0.481 e. The van der Waals surface area contributed by atoms with Crippen molar-refractivity contribution >= 4 is 29.2 Å². The fraction of sp³-hybridized carbons (Fsp3) is 0.364. The van der Waals surface area contributed by atoms with E-state index in [2.05, 4.69) is 6.07 Å². The van der Waals surface area contributed by atoms with Gasteiger partial charge in [-0.05, 0) is 36.8 Å². The van der Waals surface area contributed by atoms with Gasteiger partial charge in [-0.25, -0.2) is 4.39 Å². The van der Waals surface area contributed by atoms with Crippen LogP contribution in [-0.4, -0.2) is 22.3 Å². The molecule has 0 heterocycles. The predicted molar refractivity (Wildman–Crippen MR) is 109 cm³/mol. The normalized spacial score (nSPS) is 29.0. The number of nitrogens with zero attached hydrogens (tertiary/aromatic N) is 1. The van der Waals surface area contributed by atoms with Crippen LogP contribution in [-0.2, 0) is 10.2 Å². The van der Waals surface area contributed by atoms with E-state index in [1.807, 2.05) is 6.07 Å². The summed E-state index contributed by atoms with van der Waals surface area (Å²) in [5, 5.41) is 18.6. The van der Waals surface area contributed by atoms with E-state index in [0.717, 1.165) is 0 Å². The second kappa shape index (κ2) is 7.51. The van der Waals surface area contributed by atoms with E-state index in [4.69, 9.17) is 27.9 Å². The molecule has 152 valence electrons. The third-order valence-electron chi connectivity index (χ3n) is 6.52. The number of para-hydroxylation sites is 1. The third kappa shape index (κ3) is 2.81. The Morgan fingerprint density at radius 3 is 2.48 bits per heavy atom. The van der Waals surface area contributed by atoms with Crippen molar-refractivity contribution in [3.05, 3.63) is 59.9 Å². The van der Waals surface area contributed by atoms with E-state index in [0.29, 0.717) is 11.3 Å². The Balaban J connectivity index is 2.18. The summed E-state index contributed by atoms with van der Waals surface area (Å²) in [7, 11) is 0. The SMILES string of the molecule is CC1(CC#N)C(C)(C(=O)O)C1(c1ccc(F)c(Oc2ccccc2)c1)C(Cl)CCl. The molecule has 1 aliphatic carbocycles. The number of ether oxygens (including phenoxy) is 1. The van der Waals surface area contributed by atoms with Crippen molar-refractivity contribution in [2.24, 2.45) is 10.8 Å². The molecule has 1 saturated carbocycles. The number of alkyl halides is 2. The lowest BCUT2D eigenvalue weighted by molar-refractivity contribution is -0.144. The zero-order valence-corrected chi connectivity index (χ0v) is 17.5. The maximum atomic E-state index is 14.5. The van der Waals surface area contributed by atoms with Crippen molar-refractivity contribution < 1.29 is 19.0 Å². The van der Waals surface area contributed by atoms with Crippen LogP contribution in [0.1, 0.15) is 25.8 Å². The number of carboxylic acids is 1. The molecule has 3 rings (SSSR count). The van der Waals surface area contributed by atoms with Crippen LogP contribution in [0.4, 0.5) is 4.39 Å².